The number of hydrogen-bond donors (Lipinski definition) is 4. The van der Waals surface area contributed by atoms with Gasteiger partial charge in [0.1, 0.15) is 11.8 Å². The molecule has 138 valence electrons. The number of ether oxygens (including phenoxy) is 1. The van der Waals surface area contributed by atoms with Crippen LogP contribution in [-0.4, -0.2) is 62.7 Å². The third-order valence-electron chi connectivity index (χ3n) is 3.90. The molecule has 0 spiro atoms. The molecule has 0 saturated carbocycles. The molecule has 1 saturated heterocycles. The van der Waals surface area contributed by atoms with Crippen LogP contribution in [-0.2, 0) is 14.8 Å². The summed E-state index contributed by atoms with van der Waals surface area (Å²) in [6.45, 7) is -0.0974. The van der Waals surface area contributed by atoms with Gasteiger partial charge in [0.05, 0.1) is 12.0 Å². The lowest BCUT2D eigenvalue weighted by Gasteiger charge is -2.22. The number of nitrogens with zero attached hydrogens (tertiary/aromatic N) is 1. The minimum absolute atomic E-state index is 0.0235. The van der Waals surface area contributed by atoms with Gasteiger partial charge in [0.2, 0.25) is 10.0 Å². The Bertz CT molecular complexity index is 736. The van der Waals surface area contributed by atoms with E-state index in [-0.39, 0.29) is 17.9 Å². The Hall–Kier alpha value is -2.37. The summed E-state index contributed by atoms with van der Waals surface area (Å²) < 4.78 is 31.7. The number of urea groups is 1. The van der Waals surface area contributed by atoms with Crippen molar-refractivity contribution < 1.29 is 28.0 Å². The van der Waals surface area contributed by atoms with Gasteiger partial charge in [-0.1, -0.05) is 0 Å². The number of benzene rings is 1. The fourth-order valence-electron chi connectivity index (χ4n) is 2.63. The van der Waals surface area contributed by atoms with Crippen molar-refractivity contribution in [2.75, 3.05) is 20.7 Å². The molecule has 3 amide bonds. The molecule has 0 bridgehead atoms. The summed E-state index contributed by atoms with van der Waals surface area (Å²) in [6.07, 6.45) is 0.0369. The first kappa shape index (κ1) is 19.0. The molecule has 25 heavy (non-hydrogen) atoms. The lowest BCUT2D eigenvalue weighted by Crippen LogP contribution is -2.45. The maximum atomic E-state index is 12.9. The molecule has 1 aromatic carbocycles. The van der Waals surface area contributed by atoms with Crippen LogP contribution in [0.5, 0.6) is 5.75 Å². The molecule has 0 aromatic heterocycles. The fraction of sp³-hybridized carbons (Fsp3) is 0.429. The lowest BCUT2D eigenvalue weighted by atomic mass is 10.1. The molecule has 10 nitrogen and oxygen atoms in total. The lowest BCUT2D eigenvalue weighted by molar-refractivity contribution is -0.132. The highest BCUT2D eigenvalue weighted by molar-refractivity contribution is 7.89. The van der Waals surface area contributed by atoms with E-state index < -0.39 is 34.0 Å². The van der Waals surface area contributed by atoms with Crippen molar-refractivity contribution >= 4 is 22.0 Å². The molecule has 11 heteroatoms. The fourth-order valence-corrected chi connectivity index (χ4v) is 4.27. The van der Waals surface area contributed by atoms with Crippen LogP contribution in [0.3, 0.4) is 0 Å². The molecule has 4 N–H and O–H groups in total. The monoisotopic (exact) mass is 372 g/mol. The molecule has 0 unspecified atom stereocenters. The van der Waals surface area contributed by atoms with Crippen molar-refractivity contribution in [3.8, 4) is 5.75 Å². The second-order valence-corrected chi connectivity index (χ2v) is 7.29. The second kappa shape index (κ2) is 7.68. The van der Waals surface area contributed by atoms with Crippen molar-refractivity contribution in [2.24, 2.45) is 0 Å². The van der Waals surface area contributed by atoms with E-state index in [0.29, 0.717) is 5.75 Å². The standard InChI is InChI=1S/C14H20N4O6S/c1-15-14(20)16-9-7-12(13(19)17-21)18(8-9)25(22,23)11-5-3-10(24-2)4-6-11/h3-6,9,12,21H,7-8H2,1-2H3,(H,17,19)(H2,15,16,20)/t9-,12+/m0/s1. The number of sulfonamides is 1. The summed E-state index contributed by atoms with van der Waals surface area (Å²) in [7, 11) is -1.13. The van der Waals surface area contributed by atoms with Crippen LogP contribution < -0.4 is 20.9 Å². The first-order valence-corrected chi connectivity index (χ1v) is 8.85. The van der Waals surface area contributed by atoms with Crippen LogP contribution in [0.2, 0.25) is 0 Å². The number of rotatable bonds is 5. The van der Waals surface area contributed by atoms with E-state index in [1.807, 2.05) is 0 Å². The summed E-state index contributed by atoms with van der Waals surface area (Å²) in [5, 5.41) is 13.8. The minimum atomic E-state index is -4.01. The van der Waals surface area contributed by atoms with E-state index in [0.717, 1.165) is 4.31 Å². The molecule has 0 aliphatic carbocycles. The number of methoxy groups -OCH3 is 1. The van der Waals surface area contributed by atoms with E-state index in [1.54, 1.807) is 0 Å². The van der Waals surface area contributed by atoms with Crippen LogP contribution in [0, 0.1) is 0 Å². The smallest absolute Gasteiger partial charge is 0.314 e. The highest BCUT2D eigenvalue weighted by atomic mass is 32.2. The van der Waals surface area contributed by atoms with Crippen LogP contribution in [0.25, 0.3) is 0 Å². The zero-order chi connectivity index (χ0) is 18.6. The summed E-state index contributed by atoms with van der Waals surface area (Å²) in [4.78, 5) is 23.3. The van der Waals surface area contributed by atoms with Crippen LogP contribution in [0.4, 0.5) is 4.79 Å². The van der Waals surface area contributed by atoms with Crippen molar-refractivity contribution in [1.29, 1.82) is 0 Å². The zero-order valence-corrected chi connectivity index (χ0v) is 14.5. The van der Waals surface area contributed by atoms with E-state index in [4.69, 9.17) is 9.94 Å². The SMILES string of the molecule is CNC(=O)N[C@H]1C[C@H](C(=O)NO)N(S(=O)(=O)c2ccc(OC)cc2)C1. The molecular weight excluding hydrogens is 352 g/mol. The molecular formula is C14H20N4O6S. The molecule has 1 aliphatic rings. The maximum absolute atomic E-state index is 12.9. The average Bonchev–Trinajstić information content (AvgIpc) is 3.05. The predicted octanol–water partition coefficient (Wildman–Crippen LogP) is -0.739. The van der Waals surface area contributed by atoms with Crippen molar-refractivity contribution in [3.05, 3.63) is 24.3 Å². The van der Waals surface area contributed by atoms with Crippen molar-refractivity contribution in [3.63, 3.8) is 0 Å². The summed E-state index contributed by atoms with van der Waals surface area (Å²) in [5.74, 6) is -0.373. The quantitative estimate of drug-likeness (QED) is 0.397. The van der Waals surface area contributed by atoms with Gasteiger partial charge >= 0.3 is 6.03 Å². The summed E-state index contributed by atoms with van der Waals surface area (Å²) in [5.41, 5.74) is 1.47. The predicted molar refractivity (Wildman–Crippen MR) is 86.6 cm³/mol. The number of amides is 3. The molecule has 1 fully saturated rings. The van der Waals surface area contributed by atoms with Gasteiger partial charge in [-0.15, -0.1) is 0 Å². The largest absolute Gasteiger partial charge is 0.497 e. The van der Waals surface area contributed by atoms with Gasteiger partial charge < -0.3 is 15.4 Å². The number of hydrogen-bond acceptors (Lipinski definition) is 6. The Morgan fingerprint density at radius 2 is 1.92 bits per heavy atom. The Morgan fingerprint density at radius 1 is 1.28 bits per heavy atom. The third-order valence-corrected chi connectivity index (χ3v) is 5.79. The van der Waals surface area contributed by atoms with Gasteiger partial charge in [-0.25, -0.2) is 18.7 Å². The van der Waals surface area contributed by atoms with E-state index in [9.17, 15) is 18.0 Å². The Morgan fingerprint density at radius 3 is 2.44 bits per heavy atom. The summed E-state index contributed by atoms with van der Waals surface area (Å²) in [6, 6.07) is 3.50. The number of nitrogens with one attached hydrogen (secondary N) is 3. The number of hydroxylamine groups is 1. The maximum Gasteiger partial charge on any atom is 0.314 e. The molecule has 2 rings (SSSR count). The second-order valence-electron chi connectivity index (χ2n) is 5.40. The highest BCUT2D eigenvalue weighted by Crippen LogP contribution is 2.27. The molecule has 1 aromatic rings. The van der Waals surface area contributed by atoms with Gasteiger partial charge in [-0.05, 0) is 30.7 Å². The summed E-state index contributed by atoms with van der Waals surface area (Å²) >= 11 is 0. The van der Waals surface area contributed by atoms with E-state index in [2.05, 4.69) is 10.6 Å². The molecule has 0 radical (unpaired) electrons. The minimum Gasteiger partial charge on any atom is -0.497 e. The number of carbonyl (C=O) groups excluding carboxylic acids is 2. The van der Waals surface area contributed by atoms with Crippen LogP contribution >= 0.6 is 0 Å². The highest BCUT2D eigenvalue weighted by Gasteiger charge is 2.44. The van der Waals surface area contributed by atoms with Crippen LogP contribution in [0.1, 0.15) is 6.42 Å². The Balaban J connectivity index is 2.30. The van der Waals surface area contributed by atoms with Gasteiger partial charge in [-0.3, -0.25) is 10.0 Å². The molecule has 2 atom stereocenters. The first-order chi connectivity index (χ1) is 11.8. The van der Waals surface area contributed by atoms with E-state index >= 15 is 0 Å². The number of carbonyl (C=O) groups is 2. The zero-order valence-electron chi connectivity index (χ0n) is 13.7. The van der Waals surface area contributed by atoms with Gasteiger partial charge in [-0.2, -0.15) is 4.31 Å². The average molecular weight is 372 g/mol. The Kier molecular flexibility index (Phi) is 5.82. The van der Waals surface area contributed by atoms with Crippen molar-refractivity contribution in [1.82, 2.24) is 20.4 Å². The molecule has 1 heterocycles. The van der Waals surface area contributed by atoms with Crippen LogP contribution in [0.15, 0.2) is 29.2 Å². The van der Waals surface area contributed by atoms with E-state index in [1.165, 1.54) is 43.9 Å². The normalized spacial score (nSPS) is 20.8. The van der Waals surface area contributed by atoms with Gasteiger partial charge in [0, 0.05) is 19.6 Å². The first-order valence-electron chi connectivity index (χ1n) is 7.41. The van der Waals surface area contributed by atoms with Crippen molar-refractivity contribution in [2.45, 2.75) is 23.4 Å². The topological polar surface area (TPSA) is 137 Å². The van der Waals surface area contributed by atoms with Gasteiger partial charge in [0.15, 0.2) is 0 Å². The van der Waals surface area contributed by atoms with Gasteiger partial charge in [0.25, 0.3) is 5.91 Å². The molecule has 1 aliphatic heterocycles. The third kappa shape index (κ3) is 4.00. The Labute approximate surface area is 145 Å².